The van der Waals surface area contributed by atoms with Gasteiger partial charge in [-0.2, -0.15) is 0 Å². The fourth-order valence-electron chi connectivity index (χ4n) is 4.44. The third kappa shape index (κ3) is 4.69. The van der Waals surface area contributed by atoms with Crippen LogP contribution in [0.5, 0.6) is 0 Å². The molecule has 0 bridgehead atoms. The molecule has 0 radical (unpaired) electrons. The van der Waals surface area contributed by atoms with Crippen LogP contribution in [0, 0.1) is 11.8 Å². The number of anilines is 1. The minimum atomic E-state index is -0.0391. The number of carbonyl (C=O) groups is 1. The molecule has 1 saturated carbocycles. The van der Waals surface area contributed by atoms with Crippen LogP contribution < -0.4 is 4.90 Å². The Hall–Kier alpha value is -1.22. The molecular weight excluding hydrogens is 332 g/mol. The number of benzene rings is 1. The predicted octanol–water partition coefficient (Wildman–Crippen LogP) is 5.23. The molecule has 25 heavy (non-hydrogen) atoms. The first-order valence-electron chi connectivity index (χ1n) is 9.80. The predicted molar refractivity (Wildman–Crippen MR) is 106 cm³/mol. The maximum atomic E-state index is 12.1. The lowest BCUT2D eigenvalue weighted by molar-refractivity contribution is 0.0828. The molecule has 2 aliphatic rings. The highest BCUT2D eigenvalue weighted by Crippen LogP contribution is 2.34. The summed E-state index contributed by atoms with van der Waals surface area (Å²) in [5.74, 6) is 1.84. The monoisotopic (exact) mass is 362 g/mol. The summed E-state index contributed by atoms with van der Waals surface area (Å²) in [5.41, 5.74) is 1.74. The van der Waals surface area contributed by atoms with Crippen molar-refractivity contribution in [3.8, 4) is 0 Å². The Morgan fingerprint density at radius 2 is 1.72 bits per heavy atom. The van der Waals surface area contributed by atoms with Gasteiger partial charge in [0.1, 0.15) is 0 Å². The number of halogens is 1. The normalized spacial score (nSPS) is 19.9. The Balaban J connectivity index is 1.55. The van der Waals surface area contributed by atoms with Crippen molar-refractivity contribution in [1.82, 2.24) is 4.90 Å². The van der Waals surface area contributed by atoms with Gasteiger partial charge < -0.3 is 9.80 Å². The van der Waals surface area contributed by atoms with E-state index < -0.39 is 0 Å². The maximum absolute atomic E-state index is 12.1. The molecule has 0 spiro atoms. The molecule has 0 atom stereocenters. The van der Waals surface area contributed by atoms with E-state index in [9.17, 15) is 4.79 Å². The van der Waals surface area contributed by atoms with Gasteiger partial charge in [-0.3, -0.25) is 4.79 Å². The van der Waals surface area contributed by atoms with Crippen LogP contribution in [0.4, 0.5) is 5.69 Å². The van der Waals surface area contributed by atoms with Gasteiger partial charge in [0.15, 0.2) is 0 Å². The van der Waals surface area contributed by atoms with Crippen LogP contribution in [0.2, 0.25) is 5.02 Å². The minimum absolute atomic E-state index is 0.0391. The van der Waals surface area contributed by atoms with Gasteiger partial charge in [0.05, 0.1) is 10.6 Å². The summed E-state index contributed by atoms with van der Waals surface area (Å²) in [6.07, 6.45) is 11.3. The molecule has 1 heterocycles. The van der Waals surface area contributed by atoms with Crippen LogP contribution >= 0.6 is 11.6 Å². The van der Waals surface area contributed by atoms with E-state index in [-0.39, 0.29) is 5.91 Å². The topological polar surface area (TPSA) is 23.6 Å². The SMILES string of the molecule is CN(C)C(=O)c1ccc(N2CCC(CC3CCCCC3)CC2)cc1Cl. The maximum Gasteiger partial charge on any atom is 0.254 e. The number of carbonyl (C=O) groups excluding carboxylic acids is 1. The number of hydrogen-bond donors (Lipinski definition) is 0. The zero-order valence-electron chi connectivity index (χ0n) is 15.6. The Bertz CT molecular complexity index is 588. The number of piperidine rings is 1. The highest BCUT2D eigenvalue weighted by Gasteiger charge is 2.24. The largest absolute Gasteiger partial charge is 0.371 e. The highest BCUT2D eigenvalue weighted by molar-refractivity contribution is 6.34. The summed E-state index contributed by atoms with van der Waals surface area (Å²) in [5, 5.41) is 0.556. The molecule has 4 heteroatoms. The van der Waals surface area contributed by atoms with Gasteiger partial charge in [-0.05, 0) is 49.3 Å². The van der Waals surface area contributed by atoms with Gasteiger partial charge >= 0.3 is 0 Å². The van der Waals surface area contributed by atoms with Gasteiger partial charge in [0.25, 0.3) is 5.91 Å². The van der Waals surface area contributed by atoms with Gasteiger partial charge in [-0.15, -0.1) is 0 Å². The fourth-order valence-corrected chi connectivity index (χ4v) is 4.69. The minimum Gasteiger partial charge on any atom is -0.371 e. The van der Waals surface area contributed by atoms with E-state index in [1.807, 2.05) is 18.2 Å². The van der Waals surface area contributed by atoms with Crippen molar-refractivity contribution < 1.29 is 4.79 Å². The Morgan fingerprint density at radius 1 is 1.08 bits per heavy atom. The number of amides is 1. The first-order chi connectivity index (χ1) is 12.0. The van der Waals surface area contributed by atoms with Crippen molar-refractivity contribution in [2.45, 2.75) is 51.4 Å². The number of hydrogen-bond acceptors (Lipinski definition) is 2. The summed E-state index contributed by atoms with van der Waals surface area (Å²) in [4.78, 5) is 16.1. The quantitative estimate of drug-likeness (QED) is 0.732. The van der Waals surface area contributed by atoms with Crippen molar-refractivity contribution in [3.05, 3.63) is 28.8 Å². The zero-order valence-corrected chi connectivity index (χ0v) is 16.4. The molecule has 1 amide bonds. The van der Waals surface area contributed by atoms with Crippen LogP contribution in [0.1, 0.15) is 61.7 Å². The molecule has 138 valence electrons. The van der Waals surface area contributed by atoms with Gasteiger partial charge in [-0.25, -0.2) is 0 Å². The molecule has 3 nitrogen and oxygen atoms in total. The van der Waals surface area contributed by atoms with Gasteiger partial charge in [0.2, 0.25) is 0 Å². The summed E-state index contributed by atoms with van der Waals surface area (Å²) < 4.78 is 0. The highest BCUT2D eigenvalue weighted by atomic mass is 35.5. The lowest BCUT2D eigenvalue weighted by Gasteiger charge is -2.36. The fraction of sp³-hybridized carbons (Fsp3) is 0.667. The third-order valence-electron chi connectivity index (χ3n) is 5.96. The molecule has 1 aromatic carbocycles. The van der Waals surface area contributed by atoms with E-state index in [0.29, 0.717) is 10.6 Å². The Labute approximate surface area is 157 Å². The van der Waals surface area contributed by atoms with Gasteiger partial charge in [-0.1, -0.05) is 43.7 Å². The molecule has 2 fully saturated rings. The average molecular weight is 363 g/mol. The van der Waals surface area contributed by atoms with Crippen molar-refractivity contribution in [2.24, 2.45) is 11.8 Å². The molecular formula is C21H31ClN2O. The first-order valence-corrected chi connectivity index (χ1v) is 10.2. The van der Waals surface area contributed by atoms with Crippen LogP contribution in [-0.4, -0.2) is 38.0 Å². The van der Waals surface area contributed by atoms with Crippen LogP contribution in [0.3, 0.4) is 0 Å². The summed E-state index contributed by atoms with van der Waals surface area (Å²) >= 11 is 6.37. The number of nitrogens with zero attached hydrogens (tertiary/aromatic N) is 2. The molecule has 1 aliphatic heterocycles. The second kappa shape index (κ2) is 8.44. The summed E-state index contributed by atoms with van der Waals surface area (Å²) in [6.45, 7) is 2.21. The van der Waals surface area contributed by atoms with Crippen LogP contribution in [-0.2, 0) is 0 Å². The van der Waals surface area contributed by atoms with Crippen molar-refractivity contribution in [1.29, 1.82) is 0 Å². The molecule has 0 aromatic heterocycles. The summed E-state index contributed by atoms with van der Waals surface area (Å²) in [7, 11) is 3.51. The average Bonchev–Trinajstić information content (AvgIpc) is 2.62. The van der Waals surface area contributed by atoms with E-state index in [1.165, 1.54) is 51.4 Å². The second-order valence-corrected chi connectivity index (χ2v) is 8.44. The lowest BCUT2D eigenvalue weighted by atomic mass is 9.80. The Morgan fingerprint density at radius 3 is 2.32 bits per heavy atom. The first kappa shape index (κ1) is 18.6. The van der Waals surface area contributed by atoms with E-state index in [4.69, 9.17) is 11.6 Å². The molecule has 0 unspecified atom stereocenters. The molecule has 1 aromatic rings. The molecule has 3 rings (SSSR count). The van der Waals surface area contributed by atoms with E-state index in [0.717, 1.165) is 30.6 Å². The lowest BCUT2D eigenvalue weighted by Crippen LogP contribution is -2.34. The molecule has 0 N–H and O–H groups in total. The van der Waals surface area contributed by atoms with Crippen molar-refractivity contribution in [2.75, 3.05) is 32.1 Å². The van der Waals surface area contributed by atoms with Crippen molar-refractivity contribution >= 4 is 23.2 Å². The molecule has 1 saturated heterocycles. The summed E-state index contributed by atoms with van der Waals surface area (Å²) in [6, 6.07) is 5.87. The number of rotatable bonds is 4. The standard InChI is InChI=1S/C21H31ClN2O/c1-23(2)21(25)19-9-8-18(15-20(19)22)24-12-10-17(11-13-24)14-16-6-4-3-5-7-16/h8-9,15-17H,3-7,10-14H2,1-2H3. The van der Waals surface area contributed by atoms with Crippen LogP contribution in [0.25, 0.3) is 0 Å². The van der Waals surface area contributed by atoms with E-state index in [2.05, 4.69) is 4.90 Å². The van der Waals surface area contributed by atoms with E-state index in [1.54, 1.807) is 19.0 Å². The smallest absolute Gasteiger partial charge is 0.254 e. The van der Waals surface area contributed by atoms with Crippen LogP contribution in [0.15, 0.2) is 18.2 Å². The van der Waals surface area contributed by atoms with Gasteiger partial charge in [0, 0.05) is 32.9 Å². The van der Waals surface area contributed by atoms with Crippen molar-refractivity contribution in [3.63, 3.8) is 0 Å². The van der Waals surface area contributed by atoms with E-state index >= 15 is 0 Å². The third-order valence-corrected chi connectivity index (χ3v) is 6.27. The molecule has 1 aliphatic carbocycles. The zero-order chi connectivity index (χ0) is 17.8. The second-order valence-electron chi connectivity index (χ2n) is 8.03. The Kier molecular flexibility index (Phi) is 6.27.